The summed E-state index contributed by atoms with van der Waals surface area (Å²) in [6.07, 6.45) is 10.1. The van der Waals surface area contributed by atoms with Crippen molar-refractivity contribution in [1.29, 1.82) is 0 Å². The highest BCUT2D eigenvalue weighted by molar-refractivity contribution is 5.94. The lowest BCUT2D eigenvalue weighted by Gasteiger charge is -2.34. The minimum absolute atomic E-state index is 0.0538. The molecule has 8 heteroatoms. The minimum atomic E-state index is -0.0538. The topological polar surface area (TPSA) is 80.0 Å². The summed E-state index contributed by atoms with van der Waals surface area (Å²) in [6, 6.07) is 17.7. The van der Waals surface area contributed by atoms with Crippen LogP contribution >= 0.6 is 0 Å². The number of rotatable bonds is 6. The molecular formula is C25H25N7O. The summed E-state index contributed by atoms with van der Waals surface area (Å²) in [5, 5.41) is 0. The molecule has 33 heavy (non-hydrogen) atoms. The van der Waals surface area contributed by atoms with Crippen LogP contribution in [-0.2, 0) is 11.3 Å². The first kappa shape index (κ1) is 20.8. The van der Waals surface area contributed by atoms with Crippen molar-refractivity contribution in [3.8, 4) is 5.82 Å². The number of pyridine rings is 1. The van der Waals surface area contributed by atoms with E-state index in [2.05, 4.69) is 24.8 Å². The van der Waals surface area contributed by atoms with E-state index in [-0.39, 0.29) is 11.8 Å². The number of carbonyl (C=O) groups is 1. The van der Waals surface area contributed by atoms with E-state index in [9.17, 15) is 4.79 Å². The van der Waals surface area contributed by atoms with Gasteiger partial charge in [0.2, 0.25) is 5.91 Å². The van der Waals surface area contributed by atoms with Crippen molar-refractivity contribution < 1.29 is 4.79 Å². The monoisotopic (exact) mass is 439 g/mol. The number of benzene rings is 1. The van der Waals surface area contributed by atoms with Crippen LogP contribution in [0.2, 0.25) is 0 Å². The molecule has 1 saturated heterocycles. The SMILES string of the molecule is O=C(C1CCN(c2cc(-n3ccnc3)ncn2)CC1)N(Cc1ccccc1)c1ccccn1. The standard InChI is InChI=1S/C25H25N7O/c33-25(32(22-8-4-5-11-27-22)17-20-6-2-1-3-7-20)21-9-13-30(14-10-21)23-16-24(29-18-28-23)31-15-12-26-19-31/h1-8,11-12,15-16,18-19,21H,9-10,13-14,17H2. The van der Waals surface area contributed by atoms with Crippen molar-refractivity contribution in [2.45, 2.75) is 19.4 Å². The lowest BCUT2D eigenvalue weighted by atomic mass is 9.95. The van der Waals surface area contributed by atoms with Crippen LogP contribution in [0.25, 0.3) is 5.82 Å². The van der Waals surface area contributed by atoms with E-state index >= 15 is 0 Å². The predicted molar refractivity (Wildman–Crippen MR) is 126 cm³/mol. The fourth-order valence-electron chi connectivity index (χ4n) is 4.17. The molecule has 0 atom stereocenters. The van der Waals surface area contributed by atoms with Gasteiger partial charge in [0.25, 0.3) is 0 Å². The van der Waals surface area contributed by atoms with Gasteiger partial charge in [0.1, 0.15) is 30.1 Å². The Balaban J connectivity index is 1.29. The number of hydrogen-bond donors (Lipinski definition) is 0. The molecule has 4 aromatic rings. The van der Waals surface area contributed by atoms with Crippen molar-refractivity contribution in [2.75, 3.05) is 22.9 Å². The highest BCUT2D eigenvalue weighted by atomic mass is 16.2. The summed E-state index contributed by atoms with van der Waals surface area (Å²) >= 11 is 0. The summed E-state index contributed by atoms with van der Waals surface area (Å²) in [5.41, 5.74) is 1.09. The van der Waals surface area contributed by atoms with Crippen LogP contribution in [0.3, 0.4) is 0 Å². The van der Waals surface area contributed by atoms with Crippen molar-refractivity contribution in [3.63, 3.8) is 0 Å². The van der Waals surface area contributed by atoms with Crippen LogP contribution in [0.5, 0.6) is 0 Å². The molecule has 1 amide bonds. The zero-order valence-electron chi connectivity index (χ0n) is 18.2. The van der Waals surface area contributed by atoms with Crippen LogP contribution in [0.15, 0.2) is 85.8 Å². The summed E-state index contributed by atoms with van der Waals surface area (Å²) in [7, 11) is 0. The molecule has 5 rings (SSSR count). The van der Waals surface area contributed by atoms with Gasteiger partial charge in [-0.1, -0.05) is 36.4 Å². The normalized spacial score (nSPS) is 14.2. The third-order valence-electron chi connectivity index (χ3n) is 5.95. The van der Waals surface area contributed by atoms with Gasteiger partial charge in [-0.3, -0.25) is 14.3 Å². The second-order valence-electron chi connectivity index (χ2n) is 8.06. The molecule has 1 aromatic carbocycles. The maximum Gasteiger partial charge on any atom is 0.231 e. The first-order chi connectivity index (χ1) is 16.3. The number of imidazole rings is 1. The van der Waals surface area contributed by atoms with E-state index in [1.807, 2.05) is 70.3 Å². The molecule has 1 aliphatic heterocycles. The van der Waals surface area contributed by atoms with Gasteiger partial charge in [-0.15, -0.1) is 0 Å². The average molecular weight is 440 g/mol. The smallest absolute Gasteiger partial charge is 0.231 e. The van der Waals surface area contributed by atoms with E-state index in [1.54, 1.807) is 25.0 Å². The van der Waals surface area contributed by atoms with E-state index in [0.29, 0.717) is 12.4 Å². The van der Waals surface area contributed by atoms with E-state index in [1.165, 1.54) is 0 Å². The van der Waals surface area contributed by atoms with E-state index < -0.39 is 0 Å². The van der Waals surface area contributed by atoms with Gasteiger partial charge in [0.05, 0.1) is 6.54 Å². The number of nitrogens with zero attached hydrogens (tertiary/aromatic N) is 7. The van der Waals surface area contributed by atoms with Gasteiger partial charge in [-0.2, -0.15) is 0 Å². The van der Waals surface area contributed by atoms with Crippen LogP contribution < -0.4 is 9.80 Å². The first-order valence-electron chi connectivity index (χ1n) is 11.1. The number of carbonyl (C=O) groups excluding carboxylic acids is 1. The molecule has 1 fully saturated rings. The number of aromatic nitrogens is 5. The van der Waals surface area contributed by atoms with Crippen LogP contribution in [0.4, 0.5) is 11.6 Å². The third-order valence-corrected chi connectivity index (χ3v) is 5.95. The molecule has 0 saturated carbocycles. The Hall–Kier alpha value is -4.07. The Bertz CT molecular complexity index is 1170. The number of piperidine rings is 1. The molecule has 0 spiro atoms. The zero-order chi connectivity index (χ0) is 22.5. The second kappa shape index (κ2) is 9.60. The minimum Gasteiger partial charge on any atom is -0.356 e. The lowest BCUT2D eigenvalue weighted by molar-refractivity contribution is -0.123. The average Bonchev–Trinajstić information content (AvgIpc) is 3.44. The second-order valence-corrected chi connectivity index (χ2v) is 8.06. The molecule has 0 unspecified atom stereocenters. The Kier molecular flexibility index (Phi) is 6.06. The van der Waals surface area contributed by atoms with Crippen molar-refractivity contribution in [3.05, 3.63) is 91.4 Å². The Labute approximate surface area is 192 Å². The highest BCUT2D eigenvalue weighted by Crippen LogP contribution is 2.26. The fraction of sp³-hybridized carbons (Fsp3) is 0.240. The molecular weight excluding hydrogens is 414 g/mol. The largest absolute Gasteiger partial charge is 0.356 e. The molecule has 0 bridgehead atoms. The summed E-state index contributed by atoms with van der Waals surface area (Å²) in [4.78, 5) is 35.0. The highest BCUT2D eigenvalue weighted by Gasteiger charge is 2.30. The summed E-state index contributed by atoms with van der Waals surface area (Å²) in [6.45, 7) is 2.04. The molecule has 0 aliphatic carbocycles. The Morgan fingerprint density at radius 3 is 2.45 bits per heavy atom. The van der Waals surface area contributed by atoms with Gasteiger partial charge in [0, 0.05) is 43.7 Å². The van der Waals surface area contributed by atoms with Crippen molar-refractivity contribution in [2.24, 2.45) is 5.92 Å². The predicted octanol–water partition coefficient (Wildman–Crippen LogP) is 3.51. The maximum absolute atomic E-state index is 13.6. The van der Waals surface area contributed by atoms with Crippen molar-refractivity contribution >= 4 is 17.5 Å². The molecule has 4 heterocycles. The molecule has 8 nitrogen and oxygen atoms in total. The molecule has 0 N–H and O–H groups in total. The van der Waals surface area contributed by atoms with Gasteiger partial charge < -0.3 is 4.90 Å². The molecule has 0 radical (unpaired) electrons. The first-order valence-corrected chi connectivity index (χ1v) is 11.1. The molecule has 166 valence electrons. The Morgan fingerprint density at radius 2 is 1.73 bits per heavy atom. The van der Waals surface area contributed by atoms with Crippen LogP contribution in [0, 0.1) is 5.92 Å². The lowest BCUT2D eigenvalue weighted by Crippen LogP contribution is -2.43. The summed E-state index contributed by atoms with van der Waals surface area (Å²) in [5.74, 6) is 2.40. The van der Waals surface area contributed by atoms with E-state index in [4.69, 9.17) is 0 Å². The zero-order valence-corrected chi connectivity index (χ0v) is 18.2. The summed E-state index contributed by atoms with van der Waals surface area (Å²) < 4.78 is 1.86. The number of anilines is 2. The number of amides is 1. The van der Waals surface area contributed by atoms with Crippen LogP contribution in [-0.4, -0.2) is 43.5 Å². The molecule has 1 aliphatic rings. The van der Waals surface area contributed by atoms with Gasteiger partial charge in [-0.25, -0.2) is 19.9 Å². The maximum atomic E-state index is 13.6. The van der Waals surface area contributed by atoms with E-state index in [0.717, 1.165) is 43.1 Å². The molecule has 3 aromatic heterocycles. The quantitative estimate of drug-likeness (QED) is 0.457. The third kappa shape index (κ3) is 4.74. The van der Waals surface area contributed by atoms with Crippen molar-refractivity contribution in [1.82, 2.24) is 24.5 Å². The van der Waals surface area contributed by atoms with Crippen LogP contribution in [0.1, 0.15) is 18.4 Å². The van der Waals surface area contributed by atoms with Gasteiger partial charge in [0.15, 0.2) is 0 Å². The van der Waals surface area contributed by atoms with Gasteiger partial charge in [-0.05, 0) is 30.5 Å². The van der Waals surface area contributed by atoms with Gasteiger partial charge >= 0.3 is 0 Å². The Morgan fingerprint density at radius 1 is 0.939 bits per heavy atom. The fourth-order valence-corrected chi connectivity index (χ4v) is 4.17. The number of hydrogen-bond acceptors (Lipinski definition) is 6.